The van der Waals surface area contributed by atoms with Gasteiger partial charge in [0.2, 0.25) is 0 Å². The quantitative estimate of drug-likeness (QED) is 0.532. The van der Waals surface area contributed by atoms with Crippen molar-refractivity contribution >= 4 is 29.3 Å². The molecule has 0 radical (unpaired) electrons. The Bertz CT molecular complexity index is 1090. The highest BCUT2D eigenvalue weighted by Gasteiger charge is 2.38. The van der Waals surface area contributed by atoms with Crippen molar-refractivity contribution in [1.82, 2.24) is 9.13 Å². The third-order valence-electron chi connectivity index (χ3n) is 4.31. The molecule has 164 valence electrons. The molecule has 12 heteroatoms. The summed E-state index contributed by atoms with van der Waals surface area (Å²) in [5.41, 5.74) is -5.62. The van der Waals surface area contributed by atoms with Gasteiger partial charge in [0, 0.05) is 17.5 Å². The molecule has 1 atom stereocenters. The predicted octanol–water partition coefficient (Wildman–Crippen LogP) is 3.86. The van der Waals surface area contributed by atoms with Gasteiger partial charge in [-0.25, -0.2) is 13.8 Å². The zero-order valence-electron chi connectivity index (χ0n) is 16.2. The van der Waals surface area contributed by atoms with Crippen molar-refractivity contribution in [1.29, 1.82) is 0 Å². The van der Waals surface area contributed by atoms with Gasteiger partial charge in [-0.1, -0.05) is 25.4 Å². The van der Waals surface area contributed by atoms with Gasteiger partial charge in [0.25, 0.3) is 5.56 Å². The number of rotatable bonds is 5. The molecule has 0 spiro atoms. The molecule has 0 aliphatic heterocycles. The zero-order chi connectivity index (χ0) is 23.1. The molecule has 0 fully saturated rings. The highest BCUT2D eigenvalue weighted by atomic mass is 35.5. The molecule has 2 rings (SSSR count). The molecule has 0 aliphatic rings. The second-order valence-corrected chi connectivity index (χ2v) is 8.40. The van der Waals surface area contributed by atoms with Crippen LogP contribution in [0.3, 0.4) is 0 Å². The molecule has 2 aromatic rings. The molecular weight excluding hydrogens is 452 g/mol. The Balaban J connectivity index is 2.79. The number of carboxylic acid groups (broad SMARTS) is 1. The molecule has 1 heterocycles. The van der Waals surface area contributed by atoms with E-state index in [2.05, 4.69) is 0 Å². The van der Waals surface area contributed by atoms with E-state index in [1.165, 1.54) is 0 Å². The molecule has 6 nitrogen and oxygen atoms in total. The smallest absolute Gasteiger partial charge is 0.432 e. The molecule has 0 saturated carbocycles. The fraction of sp³-hybridized carbons (Fsp3) is 0.389. The molecule has 0 bridgehead atoms. The van der Waals surface area contributed by atoms with E-state index in [0.717, 1.165) is 37.9 Å². The number of benzene rings is 1. The Kier molecular flexibility index (Phi) is 6.77. The maximum atomic E-state index is 14.6. The Morgan fingerprint density at radius 1 is 1.23 bits per heavy atom. The van der Waals surface area contributed by atoms with Gasteiger partial charge in [-0.05, 0) is 25.0 Å². The summed E-state index contributed by atoms with van der Waals surface area (Å²) in [5.74, 6) is -2.63. The summed E-state index contributed by atoms with van der Waals surface area (Å²) in [6.07, 6.45) is -4.97. The Morgan fingerprint density at radius 2 is 1.80 bits per heavy atom. The van der Waals surface area contributed by atoms with Crippen LogP contribution in [-0.4, -0.2) is 25.5 Å². The van der Waals surface area contributed by atoms with E-state index < -0.39 is 51.4 Å². The minimum Gasteiger partial charge on any atom is -0.480 e. The van der Waals surface area contributed by atoms with Crippen LogP contribution in [0.1, 0.15) is 25.1 Å². The number of carbonyl (C=O) groups is 1. The standard InChI is InChI=1S/C18H17ClF4N2O4S/c1-7(2)13(16(27)28)30-12-6-11(10(20)5-9(12)19)25-15(26)8(3)14(18(21,22)23)24(4)17(25)29/h5-7,13H,1-4H3,(H,27,28). The summed E-state index contributed by atoms with van der Waals surface area (Å²) >= 11 is 6.77. The largest absolute Gasteiger partial charge is 0.480 e. The van der Waals surface area contributed by atoms with Crippen molar-refractivity contribution in [2.24, 2.45) is 13.0 Å². The first-order valence-electron chi connectivity index (χ1n) is 8.47. The van der Waals surface area contributed by atoms with Gasteiger partial charge in [0.05, 0.1) is 10.7 Å². The van der Waals surface area contributed by atoms with Gasteiger partial charge in [-0.15, -0.1) is 11.8 Å². The number of carboxylic acids is 1. The van der Waals surface area contributed by atoms with Crippen LogP contribution in [-0.2, 0) is 18.0 Å². The Hall–Kier alpha value is -2.27. The van der Waals surface area contributed by atoms with Crippen molar-refractivity contribution in [3.05, 3.63) is 55.1 Å². The van der Waals surface area contributed by atoms with Crippen LogP contribution in [0.2, 0.25) is 5.02 Å². The minimum atomic E-state index is -4.97. The first-order valence-corrected chi connectivity index (χ1v) is 9.72. The topological polar surface area (TPSA) is 81.3 Å². The van der Waals surface area contributed by atoms with Crippen LogP contribution < -0.4 is 11.2 Å². The van der Waals surface area contributed by atoms with Crippen LogP contribution in [0, 0.1) is 18.7 Å². The van der Waals surface area contributed by atoms with Gasteiger partial charge < -0.3 is 5.11 Å². The maximum absolute atomic E-state index is 14.6. The van der Waals surface area contributed by atoms with E-state index in [1.54, 1.807) is 13.8 Å². The SMILES string of the molecule is Cc1c(C(F)(F)F)n(C)c(=O)n(-c2cc(SC(C(=O)O)C(C)C)c(Cl)cc2F)c1=O. The second kappa shape index (κ2) is 8.46. The van der Waals surface area contributed by atoms with Crippen molar-refractivity contribution in [3.63, 3.8) is 0 Å². The second-order valence-electron chi connectivity index (χ2n) is 6.81. The first-order chi connectivity index (χ1) is 13.7. The number of nitrogens with zero attached hydrogens (tertiary/aromatic N) is 2. The average Bonchev–Trinajstić information content (AvgIpc) is 2.59. The van der Waals surface area contributed by atoms with Crippen molar-refractivity contribution in [2.45, 2.75) is 37.1 Å². The van der Waals surface area contributed by atoms with Crippen molar-refractivity contribution in [2.75, 3.05) is 0 Å². The maximum Gasteiger partial charge on any atom is 0.432 e. The summed E-state index contributed by atoms with van der Waals surface area (Å²) in [4.78, 5) is 36.6. The summed E-state index contributed by atoms with van der Waals surface area (Å²) in [6, 6.07) is 1.76. The lowest BCUT2D eigenvalue weighted by Crippen LogP contribution is -2.43. The molecule has 30 heavy (non-hydrogen) atoms. The molecule has 1 N–H and O–H groups in total. The number of hydrogen-bond acceptors (Lipinski definition) is 4. The van der Waals surface area contributed by atoms with Crippen LogP contribution in [0.5, 0.6) is 0 Å². The van der Waals surface area contributed by atoms with Gasteiger partial charge in [0.1, 0.15) is 16.8 Å². The number of alkyl halides is 3. The third-order valence-corrected chi connectivity index (χ3v) is 6.32. The molecular formula is C18H17ClF4N2O4S. The van der Waals surface area contributed by atoms with E-state index in [-0.39, 0.29) is 25.0 Å². The van der Waals surface area contributed by atoms with E-state index in [0.29, 0.717) is 0 Å². The summed E-state index contributed by atoms with van der Waals surface area (Å²) < 4.78 is 54.8. The minimum absolute atomic E-state index is 0.0562. The number of aromatic nitrogens is 2. The molecule has 0 amide bonds. The third kappa shape index (κ3) is 4.41. The van der Waals surface area contributed by atoms with Gasteiger partial charge in [-0.2, -0.15) is 13.2 Å². The van der Waals surface area contributed by atoms with E-state index >= 15 is 0 Å². The number of thioether (sulfide) groups is 1. The van der Waals surface area contributed by atoms with E-state index in [4.69, 9.17) is 11.6 Å². The summed E-state index contributed by atoms with van der Waals surface area (Å²) in [5, 5.41) is 8.21. The predicted molar refractivity (Wildman–Crippen MR) is 104 cm³/mol. The Labute approximate surface area is 177 Å². The fourth-order valence-electron chi connectivity index (χ4n) is 2.86. The lowest BCUT2D eigenvalue weighted by atomic mass is 10.1. The normalized spacial score (nSPS) is 13.0. The van der Waals surface area contributed by atoms with Crippen LogP contribution >= 0.6 is 23.4 Å². The van der Waals surface area contributed by atoms with E-state index in [1.807, 2.05) is 0 Å². The average molecular weight is 469 g/mol. The lowest BCUT2D eigenvalue weighted by Gasteiger charge is -2.19. The molecule has 1 aromatic heterocycles. The summed E-state index contributed by atoms with van der Waals surface area (Å²) in [6.45, 7) is 4.16. The van der Waals surface area contributed by atoms with Crippen molar-refractivity contribution < 1.29 is 27.5 Å². The molecule has 1 unspecified atom stereocenters. The number of aliphatic carboxylic acids is 1. The van der Waals surface area contributed by atoms with Gasteiger partial charge >= 0.3 is 17.8 Å². The molecule has 1 aromatic carbocycles. The van der Waals surface area contributed by atoms with Crippen LogP contribution in [0.15, 0.2) is 26.6 Å². The zero-order valence-corrected chi connectivity index (χ0v) is 17.7. The van der Waals surface area contributed by atoms with Crippen LogP contribution in [0.25, 0.3) is 5.69 Å². The van der Waals surface area contributed by atoms with Crippen LogP contribution in [0.4, 0.5) is 17.6 Å². The first kappa shape index (κ1) is 24.0. The monoisotopic (exact) mass is 468 g/mol. The molecule has 0 aliphatic carbocycles. The highest BCUT2D eigenvalue weighted by Crippen LogP contribution is 2.36. The molecule has 0 saturated heterocycles. The number of hydrogen-bond donors (Lipinski definition) is 1. The van der Waals surface area contributed by atoms with Crippen molar-refractivity contribution in [3.8, 4) is 5.69 Å². The van der Waals surface area contributed by atoms with Gasteiger partial charge in [0.15, 0.2) is 0 Å². The highest BCUT2D eigenvalue weighted by molar-refractivity contribution is 8.00. The fourth-order valence-corrected chi connectivity index (χ4v) is 4.14. The Morgan fingerprint density at radius 3 is 2.27 bits per heavy atom. The van der Waals surface area contributed by atoms with Gasteiger partial charge in [-0.3, -0.25) is 14.2 Å². The number of halogens is 5. The summed E-state index contributed by atoms with van der Waals surface area (Å²) in [7, 11) is 0.816. The lowest BCUT2D eigenvalue weighted by molar-refractivity contribution is -0.144. The van der Waals surface area contributed by atoms with E-state index in [9.17, 15) is 37.1 Å².